The lowest BCUT2D eigenvalue weighted by molar-refractivity contribution is -0.0769. The number of hydrogen-bond donors (Lipinski definition) is 2. The molecule has 0 saturated carbocycles. The Balaban J connectivity index is 2.07. The Kier molecular flexibility index (Phi) is 4.88. The van der Waals surface area contributed by atoms with Crippen LogP contribution in [0, 0.1) is 11.6 Å². The molecule has 3 nitrogen and oxygen atoms in total. The fraction of sp³-hybridized carbons (Fsp3) is 0.250. The van der Waals surface area contributed by atoms with Crippen LogP contribution in [0.2, 0.25) is 0 Å². The Morgan fingerprint density at radius 3 is 2.19 bits per heavy atom. The number of nitrogens with two attached hydrogens (primary N) is 1. The summed E-state index contributed by atoms with van der Waals surface area (Å²) in [5.41, 5.74) is 7.03. The quantitative estimate of drug-likeness (QED) is 0.658. The van der Waals surface area contributed by atoms with Gasteiger partial charge in [0.25, 0.3) is 0 Å². The molecule has 0 aliphatic rings. The van der Waals surface area contributed by atoms with E-state index >= 15 is 0 Å². The average Bonchev–Trinajstić information content (AvgIpc) is 2.46. The first kappa shape index (κ1) is 15.4. The highest BCUT2D eigenvalue weighted by Crippen LogP contribution is 2.20. The summed E-state index contributed by atoms with van der Waals surface area (Å²) in [4.78, 5) is 0. The molecule has 1 unspecified atom stereocenters. The smallest absolute Gasteiger partial charge is 0.180 e. The number of rotatable bonds is 5. The molecule has 1 atom stereocenters. The molecule has 112 valence electrons. The Morgan fingerprint density at radius 1 is 1.10 bits per heavy atom. The van der Waals surface area contributed by atoms with Gasteiger partial charge in [-0.2, -0.15) is 0 Å². The minimum Gasteiger partial charge on any atom is -0.399 e. The number of nitrogen functional groups attached to an aromatic ring is 1. The molecule has 0 radical (unpaired) electrons. The lowest BCUT2D eigenvalue weighted by Crippen LogP contribution is -2.02. The van der Waals surface area contributed by atoms with Crippen LogP contribution in [-0.2, 0) is 17.6 Å². The third-order valence-electron chi connectivity index (χ3n) is 3.32. The Morgan fingerprint density at radius 2 is 1.67 bits per heavy atom. The van der Waals surface area contributed by atoms with E-state index < -0.39 is 17.9 Å². The first-order valence-corrected chi connectivity index (χ1v) is 6.54. The van der Waals surface area contributed by atoms with Gasteiger partial charge in [-0.05, 0) is 30.5 Å². The fourth-order valence-corrected chi connectivity index (χ4v) is 2.12. The summed E-state index contributed by atoms with van der Waals surface area (Å²) in [6.07, 6.45) is -0.239. The molecule has 5 heteroatoms. The van der Waals surface area contributed by atoms with Crippen LogP contribution >= 0.6 is 0 Å². The van der Waals surface area contributed by atoms with Gasteiger partial charge in [0.1, 0.15) is 11.6 Å². The van der Waals surface area contributed by atoms with Crippen LogP contribution in [0.15, 0.2) is 36.4 Å². The monoisotopic (exact) mass is 293 g/mol. The van der Waals surface area contributed by atoms with E-state index in [2.05, 4.69) is 0 Å². The standard InChI is InChI=1S/C16H17F2NO2/c1-21-16(20)11-5-2-10(3-6-11)4-7-13-14(17)8-12(19)9-15(13)18/h2-3,5-6,8-9,16,20H,4,7,19H2,1H3. The first-order chi connectivity index (χ1) is 10.0. The van der Waals surface area contributed by atoms with Crippen LogP contribution in [0.25, 0.3) is 0 Å². The number of aliphatic hydroxyl groups excluding tert-OH is 1. The van der Waals surface area contributed by atoms with Crippen molar-refractivity contribution >= 4 is 5.69 Å². The molecule has 21 heavy (non-hydrogen) atoms. The van der Waals surface area contributed by atoms with E-state index in [1.54, 1.807) is 24.3 Å². The summed E-state index contributed by atoms with van der Waals surface area (Å²) < 4.78 is 32.1. The van der Waals surface area contributed by atoms with E-state index in [-0.39, 0.29) is 17.7 Å². The van der Waals surface area contributed by atoms with Gasteiger partial charge in [0, 0.05) is 23.9 Å². The van der Waals surface area contributed by atoms with E-state index in [0.717, 1.165) is 17.7 Å². The van der Waals surface area contributed by atoms with Gasteiger partial charge >= 0.3 is 0 Å². The SMILES string of the molecule is COC(O)c1ccc(CCc2c(F)cc(N)cc2F)cc1. The molecule has 0 aliphatic carbocycles. The van der Waals surface area contributed by atoms with Crippen LogP contribution in [0.5, 0.6) is 0 Å². The number of ether oxygens (including phenoxy) is 1. The highest BCUT2D eigenvalue weighted by molar-refractivity contribution is 5.41. The Labute approximate surface area is 122 Å². The Bertz CT molecular complexity index is 591. The predicted octanol–water partition coefficient (Wildman–Crippen LogP) is 2.97. The molecular weight excluding hydrogens is 276 g/mol. The molecule has 0 spiro atoms. The van der Waals surface area contributed by atoms with Crippen molar-refractivity contribution < 1.29 is 18.6 Å². The lowest BCUT2D eigenvalue weighted by Gasteiger charge is -2.10. The molecule has 2 rings (SSSR count). The second-order valence-corrected chi connectivity index (χ2v) is 4.79. The molecule has 0 amide bonds. The maximum Gasteiger partial charge on any atom is 0.180 e. The van der Waals surface area contributed by atoms with Crippen molar-refractivity contribution in [3.05, 3.63) is 64.7 Å². The topological polar surface area (TPSA) is 55.5 Å². The van der Waals surface area contributed by atoms with Crippen molar-refractivity contribution in [2.75, 3.05) is 12.8 Å². The minimum atomic E-state index is -0.967. The zero-order chi connectivity index (χ0) is 15.4. The molecule has 2 aromatic carbocycles. The minimum absolute atomic E-state index is 0.0326. The van der Waals surface area contributed by atoms with Gasteiger partial charge in [-0.3, -0.25) is 0 Å². The maximum absolute atomic E-state index is 13.7. The van der Waals surface area contributed by atoms with Crippen molar-refractivity contribution in [1.82, 2.24) is 0 Å². The van der Waals surface area contributed by atoms with Crippen LogP contribution in [0.1, 0.15) is 23.0 Å². The van der Waals surface area contributed by atoms with E-state index in [4.69, 9.17) is 10.5 Å². The highest BCUT2D eigenvalue weighted by atomic mass is 19.1. The van der Waals surface area contributed by atoms with Crippen molar-refractivity contribution in [3.63, 3.8) is 0 Å². The summed E-state index contributed by atoms with van der Waals surface area (Å²) in [6.45, 7) is 0. The molecule has 0 saturated heterocycles. The van der Waals surface area contributed by atoms with Gasteiger partial charge in [-0.1, -0.05) is 24.3 Å². The van der Waals surface area contributed by atoms with E-state index in [1.165, 1.54) is 7.11 Å². The number of methoxy groups -OCH3 is 1. The number of anilines is 1. The summed E-state index contributed by atoms with van der Waals surface area (Å²) >= 11 is 0. The molecule has 2 aromatic rings. The second-order valence-electron chi connectivity index (χ2n) is 4.79. The summed E-state index contributed by atoms with van der Waals surface area (Å²) in [7, 11) is 1.41. The third kappa shape index (κ3) is 3.77. The summed E-state index contributed by atoms with van der Waals surface area (Å²) in [6, 6.07) is 9.28. The summed E-state index contributed by atoms with van der Waals surface area (Å²) in [5.74, 6) is -1.25. The third-order valence-corrected chi connectivity index (χ3v) is 3.32. The number of aryl methyl sites for hydroxylation is 1. The largest absolute Gasteiger partial charge is 0.399 e. The van der Waals surface area contributed by atoms with Crippen LogP contribution in [0.4, 0.5) is 14.5 Å². The molecular formula is C16H17F2NO2. The summed E-state index contributed by atoms with van der Waals surface area (Å²) in [5, 5.41) is 9.49. The van der Waals surface area contributed by atoms with Gasteiger partial charge in [0.15, 0.2) is 6.29 Å². The maximum atomic E-state index is 13.7. The van der Waals surface area contributed by atoms with Gasteiger partial charge in [-0.25, -0.2) is 8.78 Å². The van der Waals surface area contributed by atoms with Crippen molar-refractivity contribution in [2.45, 2.75) is 19.1 Å². The van der Waals surface area contributed by atoms with Gasteiger partial charge in [0.2, 0.25) is 0 Å². The van der Waals surface area contributed by atoms with Crippen LogP contribution in [-0.4, -0.2) is 12.2 Å². The Hall–Kier alpha value is -1.98. The first-order valence-electron chi connectivity index (χ1n) is 6.54. The van der Waals surface area contributed by atoms with Crippen LogP contribution < -0.4 is 5.73 Å². The predicted molar refractivity (Wildman–Crippen MR) is 76.6 cm³/mol. The van der Waals surface area contributed by atoms with Gasteiger partial charge in [0.05, 0.1) is 0 Å². The van der Waals surface area contributed by atoms with Crippen molar-refractivity contribution in [2.24, 2.45) is 0 Å². The average molecular weight is 293 g/mol. The molecule has 0 aromatic heterocycles. The fourth-order valence-electron chi connectivity index (χ4n) is 2.12. The van der Waals surface area contributed by atoms with E-state index in [9.17, 15) is 13.9 Å². The highest BCUT2D eigenvalue weighted by Gasteiger charge is 2.11. The lowest BCUT2D eigenvalue weighted by atomic mass is 10.0. The molecule has 0 heterocycles. The van der Waals surface area contributed by atoms with E-state index in [1.807, 2.05) is 0 Å². The van der Waals surface area contributed by atoms with Gasteiger partial charge in [-0.15, -0.1) is 0 Å². The van der Waals surface area contributed by atoms with E-state index in [0.29, 0.717) is 12.0 Å². The zero-order valence-electron chi connectivity index (χ0n) is 11.6. The normalized spacial score (nSPS) is 12.4. The molecule has 0 fully saturated rings. The molecule has 0 bridgehead atoms. The van der Waals surface area contributed by atoms with Crippen LogP contribution in [0.3, 0.4) is 0 Å². The zero-order valence-corrected chi connectivity index (χ0v) is 11.6. The molecule has 0 aliphatic heterocycles. The molecule has 3 N–H and O–H groups in total. The number of benzene rings is 2. The second kappa shape index (κ2) is 6.65. The number of halogens is 2. The number of hydrogen-bond acceptors (Lipinski definition) is 3. The van der Waals surface area contributed by atoms with Crippen molar-refractivity contribution in [3.8, 4) is 0 Å². The van der Waals surface area contributed by atoms with Crippen molar-refractivity contribution in [1.29, 1.82) is 0 Å². The van der Waals surface area contributed by atoms with Gasteiger partial charge < -0.3 is 15.6 Å². The number of aliphatic hydroxyl groups is 1.